The Labute approximate surface area is 116 Å². The van der Waals surface area contributed by atoms with Crippen molar-refractivity contribution in [1.82, 2.24) is 10.5 Å². The summed E-state index contributed by atoms with van der Waals surface area (Å²) in [7, 11) is 1.39. The van der Waals surface area contributed by atoms with E-state index in [2.05, 4.69) is 15.3 Å². The van der Waals surface area contributed by atoms with Crippen molar-refractivity contribution in [2.24, 2.45) is 5.92 Å². The minimum absolute atomic E-state index is 0.288. The Morgan fingerprint density at radius 2 is 2.20 bits per heavy atom. The van der Waals surface area contributed by atoms with Crippen LogP contribution in [0.1, 0.15) is 23.3 Å². The maximum atomic E-state index is 11.8. The van der Waals surface area contributed by atoms with Gasteiger partial charge in [-0.3, -0.25) is 9.63 Å². The predicted octanol–water partition coefficient (Wildman–Crippen LogP) is 2.31. The molecule has 1 aromatic carbocycles. The molecule has 0 aliphatic heterocycles. The van der Waals surface area contributed by atoms with Gasteiger partial charge in [-0.25, -0.2) is 10.5 Å². The Bertz CT molecular complexity index is 638. The molecule has 1 amide bonds. The van der Waals surface area contributed by atoms with Gasteiger partial charge in [-0.2, -0.15) is 0 Å². The Balaban J connectivity index is 1.97. The van der Waals surface area contributed by atoms with Crippen LogP contribution in [0.15, 0.2) is 30.3 Å². The first-order valence-corrected chi connectivity index (χ1v) is 6.64. The molecule has 0 unspecified atom stereocenters. The van der Waals surface area contributed by atoms with Crippen molar-refractivity contribution in [2.75, 3.05) is 13.7 Å². The summed E-state index contributed by atoms with van der Waals surface area (Å²) in [6, 6.07) is 9.30. The van der Waals surface area contributed by atoms with Crippen molar-refractivity contribution in [2.45, 2.75) is 12.8 Å². The number of hydrogen-bond donors (Lipinski definition) is 1. The summed E-state index contributed by atoms with van der Waals surface area (Å²) < 4.78 is 5.85. The number of fused-ring (bicyclic) bond motifs is 1. The van der Waals surface area contributed by atoms with E-state index in [1.54, 1.807) is 6.07 Å². The molecule has 1 aliphatic carbocycles. The van der Waals surface area contributed by atoms with Gasteiger partial charge in [-0.1, -0.05) is 12.1 Å². The highest BCUT2D eigenvalue weighted by Crippen LogP contribution is 2.31. The molecule has 104 valence electrons. The van der Waals surface area contributed by atoms with Gasteiger partial charge >= 0.3 is 0 Å². The van der Waals surface area contributed by atoms with E-state index < -0.39 is 0 Å². The molecular formula is C15H16N2O3. The minimum atomic E-state index is -0.380. The zero-order valence-corrected chi connectivity index (χ0v) is 11.3. The van der Waals surface area contributed by atoms with Crippen LogP contribution >= 0.6 is 0 Å². The molecule has 1 fully saturated rings. The molecule has 0 saturated heterocycles. The van der Waals surface area contributed by atoms with Gasteiger partial charge < -0.3 is 4.74 Å². The van der Waals surface area contributed by atoms with Crippen LogP contribution in [0.4, 0.5) is 0 Å². The lowest BCUT2D eigenvalue weighted by molar-refractivity contribution is 0.0532. The number of pyridine rings is 1. The van der Waals surface area contributed by atoms with Gasteiger partial charge in [-0.05, 0) is 30.9 Å². The second-order valence-electron chi connectivity index (χ2n) is 4.91. The van der Waals surface area contributed by atoms with E-state index in [1.165, 1.54) is 20.0 Å². The van der Waals surface area contributed by atoms with E-state index in [4.69, 9.17) is 4.74 Å². The van der Waals surface area contributed by atoms with Crippen molar-refractivity contribution in [1.29, 1.82) is 0 Å². The molecule has 1 N–H and O–H groups in total. The second-order valence-corrected chi connectivity index (χ2v) is 4.91. The minimum Gasteiger partial charge on any atom is -0.493 e. The van der Waals surface area contributed by atoms with Crippen LogP contribution in [0.2, 0.25) is 0 Å². The first-order chi connectivity index (χ1) is 9.78. The van der Waals surface area contributed by atoms with Gasteiger partial charge in [-0.15, -0.1) is 0 Å². The quantitative estimate of drug-likeness (QED) is 0.848. The van der Waals surface area contributed by atoms with Crippen molar-refractivity contribution in [3.05, 3.63) is 36.0 Å². The summed E-state index contributed by atoms with van der Waals surface area (Å²) in [5.74, 6) is 0.969. The van der Waals surface area contributed by atoms with E-state index in [9.17, 15) is 4.79 Å². The summed E-state index contributed by atoms with van der Waals surface area (Å²) in [5.41, 5.74) is 3.30. The fraction of sp³-hybridized carbons (Fsp3) is 0.333. The number of benzene rings is 1. The molecule has 1 aromatic heterocycles. The maximum absolute atomic E-state index is 11.8. The van der Waals surface area contributed by atoms with Crippen LogP contribution in [-0.4, -0.2) is 24.6 Å². The molecule has 0 spiro atoms. The first kappa shape index (κ1) is 12.9. The molecule has 0 radical (unpaired) electrons. The first-order valence-electron chi connectivity index (χ1n) is 6.64. The fourth-order valence-corrected chi connectivity index (χ4v) is 2.02. The Morgan fingerprint density at radius 3 is 2.95 bits per heavy atom. The van der Waals surface area contributed by atoms with Crippen LogP contribution in [0, 0.1) is 5.92 Å². The number of rotatable bonds is 5. The van der Waals surface area contributed by atoms with Crippen LogP contribution in [0.3, 0.4) is 0 Å². The Kier molecular flexibility index (Phi) is 3.52. The molecule has 5 heteroatoms. The van der Waals surface area contributed by atoms with Crippen LogP contribution in [-0.2, 0) is 4.84 Å². The molecule has 0 bridgehead atoms. The average Bonchev–Trinajstić information content (AvgIpc) is 3.29. The lowest BCUT2D eigenvalue weighted by Crippen LogP contribution is -2.23. The number of nitrogens with one attached hydrogen (secondary N) is 1. The third-order valence-corrected chi connectivity index (χ3v) is 3.28. The number of nitrogens with zero attached hydrogens (tertiary/aromatic N) is 1. The summed E-state index contributed by atoms with van der Waals surface area (Å²) in [4.78, 5) is 20.8. The molecule has 5 nitrogen and oxygen atoms in total. The highest BCUT2D eigenvalue weighted by Gasteiger charge is 2.22. The predicted molar refractivity (Wildman–Crippen MR) is 74.4 cm³/mol. The van der Waals surface area contributed by atoms with Crippen LogP contribution in [0.25, 0.3) is 10.9 Å². The fourth-order valence-electron chi connectivity index (χ4n) is 2.02. The smallest absolute Gasteiger partial charge is 0.293 e. The monoisotopic (exact) mass is 272 g/mol. The van der Waals surface area contributed by atoms with Gasteiger partial charge in [0.25, 0.3) is 5.91 Å². The van der Waals surface area contributed by atoms with Gasteiger partial charge in [0.15, 0.2) is 0 Å². The largest absolute Gasteiger partial charge is 0.493 e. The average molecular weight is 272 g/mol. The third-order valence-electron chi connectivity index (χ3n) is 3.28. The van der Waals surface area contributed by atoms with Gasteiger partial charge in [0.1, 0.15) is 11.4 Å². The Hall–Kier alpha value is -2.14. The normalized spacial score (nSPS) is 14.2. The standard InChI is InChI=1S/C15H16N2O3/c1-19-17-15(18)13-8-14(20-9-10-6-7-10)11-4-2-3-5-12(11)16-13/h2-5,8,10H,6-7,9H2,1H3,(H,17,18). The van der Waals surface area contributed by atoms with Gasteiger partial charge in [0, 0.05) is 11.5 Å². The number of carbonyl (C=O) groups is 1. The number of ether oxygens (including phenoxy) is 1. The third kappa shape index (κ3) is 2.72. The molecule has 2 aromatic rings. The summed E-state index contributed by atoms with van der Waals surface area (Å²) in [5, 5.41) is 0.919. The molecule has 0 atom stereocenters. The number of hydrogen-bond acceptors (Lipinski definition) is 4. The molecule has 3 rings (SSSR count). The van der Waals surface area contributed by atoms with E-state index in [0.717, 1.165) is 10.9 Å². The van der Waals surface area contributed by atoms with E-state index in [0.29, 0.717) is 18.3 Å². The summed E-state index contributed by atoms with van der Waals surface area (Å²) >= 11 is 0. The zero-order valence-electron chi connectivity index (χ0n) is 11.3. The van der Waals surface area contributed by atoms with Crippen LogP contribution in [0.5, 0.6) is 5.75 Å². The number of hydroxylamine groups is 1. The SMILES string of the molecule is CONC(=O)c1cc(OCC2CC2)c2ccccc2n1. The lowest BCUT2D eigenvalue weighted by atomic mass is 10.2. The van der Waals surface area contributed by atoms with E-state index in [-0.39, 0.29) is 11.6 Å². The van der Waals surface area contributed by atoms with Crippen molar-refractivity contribution < 1.29 is 14.4 Å². The second kappa shape index (κ2) is 5.46. The van der Waals surface area contributed by atoms with E-state index in [1.807, 2.05) is 24.3 Å². The van der Waals surface area contributed by atoms with Crippen molar-refractivity contribution in [3.63, 3.8) is 0 Å². The van der Waals surface area contributed by atoms with Crippen molar-refractivity contribution >= 4 is 16.8 Å². The number of para-hydroxylation sites is 1. The molecule has 1 saturated carbocycles. The number of aromatic nitrogens is 1. The number of amides is 1. The molecular weight excluding hydrogens is 256 g/mol. The lowest BCUT2D eigenvalue weighted by Gasteiger charge is -2.10. The van der Waals surface area contributed by atoms with Crippen LogP contribution < -0.4 is 10.2 Å². The van der Waals surface area contributed by atoms with E-state index >= 15 is 0 Å². The summed E-state index contributed by atoms with van der Waals surface area (Å²) in [6.45, 7) is 0.694. The Morgan fingerprint density at radius 1 is 1.40 bits per heavy atom. The highest BCUT2D eigenvalue weighted by molar-refractivity contribution is 5.96. The van der Waals surface area contributed by atoms with Gasteiger partial charge in [0.2, 0.25) is 0 Å². The van der Waals surface area contributed by atoms with Crippen molar-refractivity contribution in [3.8, 4) is 5.75 Å². The summed E-state index contributed by atoms with van der Waals surface area (Å²) in [6.07, 6.45) is 2.44. The topological polar surface area (TPSA) is 60.5 Å². The highest BCUT2D eigenvalue weighted by atomic mass is 16.6. The molecule has 1 heterocycles. The zero-order chi connectivity index (χ0) is 13.9. The molecule has 1 aliphatic rings. The van der Waals surface area contributed by atoms with Gasteiger partial charge in [0.05, 0.1) is 19.2 Å². The maximum Gasteiger partial charge on any atom is 0.293 e. The molecule has 20 heavy (non-hydrogen) atoms. The number of carbonyl (C=O) groups excluding carboxylic acids is 1.